The maximum absolute atomic E-state index is 12.4. The molecule has 0 aliphatic carbocycles. The van der Waals surface area contributed by atoms with Gasteiger partial charge in [0.2, 0.25) is 0 Å². The normalized spacial score (nSPS) is 10.5. The zero-order valence-corrected chi connectivity index (χ0v) is 8.25. The van der Waals surface area contributed by atoms with E-state index in [4.69, 9.17) is 5.73 Å². The van der Waals surface area contributed by atoms with E-state index in [1.165, 1.54) is 14.0 Å². The molecule has 4 nitrogen and oxygen atoms in total. The molecule has 0 atom stereocenters. The van der Waals surface area contributed by atoms with Crippen LogP contribution >= 0.6 is 0 Å². The van der Waals surface area contributed by atoms with Gasteiger partial charge in [-0.1, -0.05) is 0 Å². The first-order valence-electron chi connectivity index (χ1n) is 4.10. The molecule has 0 unspecified atom stereocenters. The molecule has 2 N–H and O–H groups in total. The molecule has 1 aromatic heterocycles. The lowest BCUT2D eigenvalue weighted by Gasteiger charge is -2.08. The third-order valence-electron chi connectivity index (χ3n) is 1.96. The van der Waals surface area contributed by atoms with E-state index < -0.39 is 18.1 Å². The van der Waals surface area contributed by atoms with E-state index in [0.29, 0.717) is 5.56 Å². The van der Waals surface area contributed by atoms with Crippen LogP contribution in [0.3, 0.4) is 0 Å². The maximum atomic E-state index is 12.4. The Kier molecular flexibility index (Phi) is 3.18. The van der Waals surface area contributed by atoms with Gasteiger partial charge in [0.15, 0.2) is 0 Å². The molecule has 0 spiro atoms. The SMILES string of the molecule is COC(=O)c1cc(C(F)F)nc(N)c1C. The van der Waals surface area contributed by atoms with Crippen LogP contribution in [0, 0.1) is 6.92 Å². The monoisotopic (exact) mass is 216 g/mol. The Hall–Kier alpha value is -1.72. The molecule has 0 aromatic carbocycles. The van der Waals surface area contributed by atoms with Gasteiger partial charge in [-0.3, -0.25) is 0 Å². The van der Waals surface area contributed by atoms with Gasteiger partial charge in [0, 0.05) is 5.56 Å². The molecule has 6 heteroatoms. The summed E-state index contributed by atoms with van der Waals surface area (Å²) in [6, 6.07) is 0.988. The van der Waals surface area contributed by atoms with Crippen molar-refractivity contribution in [3.8, 4) is 0 Å². The molecule has 1 heterocycles. The van der Waals surface area contributed by atoms with Crippen molar-refractivity contribution in [1.82, 2.24) is 4.98 Å². The number of pyridine rings is 1. The zero-order chi connectivity index (χ0) is 11.6. The molecule has 0 fully saturated rings. The minimum absolute atomic E-state index is 0.0142. The number of anilines is 1. The van der Waals surface area contributed by atoms with Crippen molar-refractivity contribution < 1.29 is 18.3 Å². The van der Waals surface area contributed by atoms with Crippen LogP contribution in [0.2, 0.25) is 0 Å². The van der Waals surface area contributed by atoms with Crippen LogP contribution in [0.1, 0.15) is 28.0 Å². The number of ether oxygens (including phenoxy) is 1. The third-order valence-corrected chi connectivity index (χ3v) is 1.96. The first kappa shape index (κ1) is 11.4. The number of carbonyl (C=O) groups is 1. The topological polar surface area (TPSA) is 65.2 Å². The quantitative estimate of drug-likeness (QED) is 0.764. The second-order valence-corrected chi connectivity index (χ2v) is 2.90. The molecule has 0 saturated heterocycles. The summed E-state index contributed by atoms with van der Waals surface area (Å²) in [4.78, 5) is 14.7. The summed E-state index contributed by atoms with van der Waals surface area (Å²) < 4.78 is 29.2. The molecule has 15 heavy (non-hydrogen) atoms. The van der Waals surface area contributed by atoms with E-state index >= 15 is 0 Å². The number of nitrogen functional groups attached to an aromatic ring is 1. The molecule has 0 radical (unpaired) electrons. The van der Waals surface area contributed by atoms with Gasteiger partial charge in [0.05, 0.1) is 12.7 Å². The summed E-state index contributed by atoms with van der Waals surface area (Å²) in [6.07, 6.45) is -2.77. The Bertz CT molecular complexity index is 394. The average molecular weight is 216 g/mol. The molecule has 0 aliphatic rings. The second kappa shape index (κ2) is 4.20. The maximum Gasteiger partial charge on any atom is 0.338 e. The molecule has 0 amide bonds. The number of carbonyl (C=O) groups excluding carboxylic acids is 1. The van der Waals surface area contributed by atoms with Gasteiger partial charge in [-0.15, -0.1) is 0 Å². The Labute approximate surface area is 85.1 Å². The van der Waals surface area contributed by atoms with Crippen LogP contribution in [0.5, 0.6) is 0 Å². The predicted octanol–water partition coefficient (Wildman–Crippen LogP) is 1.70. The van der Waals surface area contributed by atoms with Gasteiger partial charge in [-0.25, -0.2) is 18.6 Å². The van der Waals surface area contributed by atoms with Crippen molar-refractivity contribution in [2.45, 2.75) is 13.3 Å². The van der Waals surface area contributed by atoms with Gasteiger partial charge in [-0.05, 0) is 13.0 Å². The number of methoxy groups -OCH3 is 1. The van der Waals surface area contributed by atoms with Crippen LogP contribution in [0.15, 0.2) is 6.07 Å². The third kappa shape index (κ3) is 2.20. The number of halogens is 2. The van der Waals surface area contributed by atoms with E-state index in [-0.39, 0.29) is 11.4 Å². The molecule has 1 rings (SSSR count). The predicted molar refractivity (Wildman–Crippen MR) is 49.7 cm³/mol. The Morgan fingerprint density at radius 3 is 2.67 bits per heavy atom. The number of nitrogens with zero attached hydrogens (tertiary/aromatic N) is 1. The number of esters is 1. The largest absolute Gasteiger partial charge is 0.465 e. The zero-order valence-electron chi connectivity index (χ0n) is 8.25. The fourth-order valence-corrected chi connectivity index (χ4v) is 1.08. The van der Waals surface area contributed by atoms with Gasteiger partial charge in [0.1, 0.15) is 11.5 Å². The highest BCUT2D eigenvalue weighted by atomic mass is 19.3. The molecule has 0 bridgehead atoms. The summed E-state index contributed by atoms with van der Waals surface area (Å²) in [6.45, 7) is 1.52. The Morgan fingerprint density at radius 1 is 1.60 bits per heavy atom. The standard InChI is InChI=1S/C9H10F2N2O2/c1-4-5(9(14)15-2)3-6(7(10)11)13-8(4)12/h3,7H,1-2H3,(H2,12,13). The van der Waals surface area contributed by atoms with E-state index in [2.05, 4.69) is 9.72 Å². The highest BCUT2D eigenvalue weighted by molar-refractivity contribution is 5.92. The van der Waals surface area contributed by atoms with Crippen molar-refractivity contribution in [1.29, 1.82) is 0 Å². The van der Waals surface area contributed by atoms with Crippen molar-refractivity contribution in [3.05, 3.63) is 22.9 Å². The van der Waals surface area contributed by atoms with Gasteiger partial charge >= 0.3 is 5.97 Å². The first-order chi connectivity index (χ1) is 6.97. The van der Waals surface area contributed by atoms with Crippen molar-refractivity contribution in [3.63, 3.8) is 0 Å². The number of aromatic nitrogens is 1. The number of nitrogens with two attached hydrogens (primary N) is 1. The smallest absolute Gasteiger partial charge is 0.338 e. The van der Waals surface area contributed by atoms with Crippen LogP contribution in [0.4, 0.5) is 14.6 Å². The molecule has 0 saturated carbocycles. The van der Waals surface area contributed by atoms with E-state index in [1.54, 1.807) is 0 Å². The molecular formula is C9H10F2N2O2. The van der Waals surface area contributed by atoms with Crippen LogP contribution in [-0.2, 0) is 4.74 Å². The fraction of sp³-hybridized carbons (Fsp3) is 0.333. The number of alkyl halides is 2. The fourth-order valence-electron chi connectivity index (χ4n) is 1.08. The minimum atomic E-state index is -2.77. The lowest BCUT2D eigenvalue weighted by molar-refractivity contribution is 0.0599. The average Bonchev–Trinajstić information content (AvgIpc) is 2.20. The lowest BCUT2D eigenvalue weighted by atomic mass is 10.1. The summed E-state index contributed by atoms with van der Waals surface area (Å²) in [5.41, 5.74) is 5.22. The van der Waals surface area contributed by atoms with Crippen LogP contribution in [-0.4, -0.2) is 18.1 Å². The molecule has 0 aliphatic heterocycles. The van der Waals surface area contributed by atoms with Crippen molar-refractivity contribution >= 4 is 11.8 Å². The molecule has 1 aromatic rings. The number of hydrogen-bond acceptors (Lipinski definition) is 4. The Balaban J connectivity index is 3.31. The van der Waals surface area contributed by atoms with E-state index in [1.807, 2.05) is 0 Å². The van der Waals surface area contributed by atoms with Crippen LogP contribution < -0.4 is 5.73 Å². The molecular weight excluding hydrogens is 206 g/mol. The van der Waals surface area contributed by atoms with Gasteiger partial charge in [0.25, 0.3) is 6.43 Å². The minimum Gasteiger partial charge on any atom is -0.465 e. The van der Waals surface area contributed by atoms with Crippen LogP contribution in [0.25, 0.3) is 0 Å². The highest BCUT2D eigenvalue weighted by Crippen LogP contribution is 2.23. The lowest BCUT2D eigenvalue weighted by Crippen LogP contribution is -2.09. The molecule has 82 valence electrons. The number of rotatable bonds is 2. The van der Waals surface area contributed by atoms with Crippen molar-refractivity contribution in [2.75, 3.05) is 12.8 Å². The number of hydrogen-bond donors (Lipinski definition) is 1. The van der Waals surface area contributed by atoms with Gasteiger partial charge < -0.3 is 10.5 Å². The first-order valence-corrected chi connectivity index (χ1v) is 4.10. The van der Waals surface area contributed by atoms with Gasteiger partial charge in [-0.2, -0.15) is 0 Å². The van der Waals surface area contributed by atoms with E-state index in [9.17, 15) is 13.6 Å². The summed E-state index contributed by atoms with van der Waals surface area (Å²) in [7, 11) is 1.17. The van der Waals surface area contributed by atoms with Crippen molar-refractivity contribution in [2.24, 2.45) is 0 Å². The second-order valence-electron chi connectivity index (χ2n) is 2.90. The summed E-state index contributed by atoms with van der Waals surface area (Å²) >= 11 is 0. The summed E-state index contributed by atoms with van der Waals surface area (Å²) in [5, 5.41) is 0. The summed E-state index contributed by atoms with van der Waals surface area (Å²) in [5.74, 6) is -0.795. The highest BCUT2D eigenvalue weighted by Gasteiger charge is 2.18. The Morgan fingerprint density at radius 2 is 2.20 bits per heavy atom. The van der Waals surface area contributed by atoms with E-state index in [0.717, 1.165) is 6.07 Å².